The highest BCUT2D eigenvalue weighted by Crippen LogP contribution is 2.42. The number of halogens is 1. The molecule has 0 fully saturated rings. The van der Waals surface area contributed by atoms with Crippen LogP contribution < -0.4 is 5.56 Å². The molecule has 0 saturated carbocycles. The number of ether oxygens (including phenoxy) is 1. The molecule has 8 heteroatoms. The van der Waals surface area contributed by atoms with Crippen molar-refractivity contribution in [3.8, 4) is 11.4 Å². The smallest absolute Gasteiger partial charge is 0.349 e. The zero-order chi connectivity index (χ0) is 21.3. The van der Waals surface area contributed by atoms with Crippen LogP contribution in [0.5, 0.6) is 0 Å². The lowest BCUT2D eigenvalue weighted by molar-refractivity contribution is 0.0425. The summed E-state index contributed by atoms with van der Waals surface area (Å²) in [6.07, 6.45) is 1.54. The maximum absolute atomic E-state index is 13.1. The summed E-state index contributed by atoms with van der Waals surface area (Å²) >= 11 is 7.40. The number of benzene rings is 2. The van der Waals surface area contributed by atoms with Crippen LogP contribution in [-0.4, -0.2) is 20.1 Å². The molecule has 6 rings (SSSR count). The molecular weight excluding hydrogens is 434 g/mol. The van der Waals surface area contributed by atoms with Crippen molar-refractivity contribution in [3.05, 3.63) is 86.7 Å². The molecular formula is C23H14ClN3O3S. The first kappa shape index (κ1) is 18.4. The summed E-state index contributed by atoms with van der Waals surface area (Å²) in [6.45, 7) is 1.79. The molecule has 1 unspecified atom stereocenters. The second kappa shape index (κ2) is 6.54. The fraction of sp³-hybridized carbons (Fsp3) is 0.0870. The minimum absolute atomic E-state index is 0.132. The number of esters is 1. The SMILES string of the molecule is CC1OC(=O)c2sc3nc(Cl)c(=O)n(-c4ccc5ccn(-c6ccccc6)c5c4)c3c21. The van der Waals surface area contributed by atoms with Gasteiger partial charge in [-0.15, -0.1) is 11.3 Å². The van der Waals surface area contributed by atoms with Crippen molar-refractivity contribution in [2.24, 2.45) is 0 Å². The Bertz CT molecular complexity index is 1580. The number of para-hydroxylation sites is 1. The van der Waals surface area contributed by atoms with E-state index in [1.165, 1.54) is 11.3 Å². The molecule has 1 aliphatic rings. The Labute approximate surface area is 184 Å². The van der Waals surface area contributed by atoms with Gasteiger partial charge in [0.15, 0.2) is 5.15 Å². The number of fused-ring (bicyclic) bond motifs is 4. The number of nitrogens with zero attached hydrogens (tertiary/aromatic N) is 3. The molecule has 0 saturated heterocycles. The third-order valence-corrected chi connectivity index (χ3v) is 6.86. The molecule has 0 N–H and O–H groups in total. The van der Waals surface area contributed by atoms with Gasteiger partial charge in [0.05, 0.1) is 16.7 Å². The number of carbonyl (C=O) groups is 1. The van der Waals surface area contributed by atoms with Gasteiger partial charge in [0.2, 0.25) is 0 Å². The van der Waals surface area contributed by atoms with Crippen LogP contribution in [0.1, 0.15) is 28.3 Å². The van der Waals surface area contributed by atoms with Gasteiger partial charge in [-0.1, -0.05) is 35.9 Å². The largest absolute Gasteiger partial charge is 0.453 e. The molecule has 152 valence electrons. The molecule has 0 amide bonds. The second-order valence-corrected chi connectivity index (χ2v) is 8.71. The maximum Gasteiger partial charge on any atom is 0.349 e. The fourth-order valence-corrected chi connectivity index (χ4v) is 5.51. The van der Waals surface area contributed by atoms with Gasteiger partial charge < -0.3 is 9.30 Å². The Hall–Kier alpha value is -3.42. The summed E-state index contributed by atoms with van der Waals surface area (Å²) in [5.41, 5.74) is 3.44. The average Bonchev–Trinajstić information content (AvgIpc) is 3.43. The number of thiophene rings is 1. The van der Waals surface area contributed by atoms with E-state index in [4.69, 9.17) is 16.3 Å². The van der Waals surface area contributed by atoms with Gasteiger partial charge in [0, 0.05) is 22.8 Å². The van der Waals surface area contributed by atoms with Crippen LogP contribution in [0.15, 0.2) is 65.6 Å². The van der Waals surface area contributed by atoms with Crippen LogP contribution in [-0.2, 0) is 4.74 Å². The van der Waals surface area contributed by atoms with Crippen LogP contribution in [0, 0.1) is 0 Å². The molecule has 0 aliphatic carbocycles. The van der Waals surface area contributed by atoms with Crippen LogP contribution in [0.25, 0.3) is 32.6 Å². The molecule has 6 nitrogen and oxygen atoms in total. The quantitative estimate of drug-likeness (QED) is 0.345. The van der Waals surface area contributed by atoms with Gasteiger partial charge in [0.1, 0.15) is 15.8 Å². The first-order valence-corrected chi connectivity index (χ1v) is 10.8. The van der Waals surface area contributed by atoms with E-state index in [2.05, 4.69) is 9.55 Å². The molecule has 1 aliphatic heterocycles. The first-order chi connectivity index (χ1) is 15.0. The van der Waals surface area contributed by atoms with Gasteiger partial charge in [-0.3, -0.25) is 9.36 Å². The lowest BCUT2D eigenvalue weighted by Gasteiger charge is -2.13. The zero-order valence-electron chi connectivity index (χ0n) is 16.2. The van der Waals surface area contributed by atoms with Crippen molar-refractivity contribution < 1.29 is 9.53 Å². The average molecular weight is 448 g/mol. The number of hydrogen-bond acceptors (Lipinski definition) is 5. The van der Waals surface area contributed by atoms with Gasteiger partial charge in [-0.25, -0.2) is 9.78 Å². The van der Waals surface area contributed by atoms with E-state index in [-0.39, 0.29) is 5.15 Å². The molecule has 0 radical (unpaired) electrons. The molecule has 2 aromatic carbocycles. The minimum atomic E-state index is -0.457. The molecule has 0 bridgehead atoms. The summed E-state index contributed by atoms with van der Waals surface area (Å²) in [5, 5.41) is 0.909. The van der Waals surface area contributed by atoms with E-state index < -0.39 is 17.6 Å². The monoisotopic (exact) mass is 447 g/mol. The standard InChI is InChI=1S/C23H14ClN3O3S/c1-12-17-18-21(31-19(17)23(29)30-12)25-20(24)22(28)27(18)15-8-7-13-9-10-26(16(13)11-15)14-5-3-2-4-6-14/h2-12H,1H3. The summed E-state index contributed by atoms with van der Waals surface area (Å²) in [5.74, 6) is -0.394. The van der Waals surface area contributed by atoms with E-state index in [1.54, 1.807) is 11.5 Å². The number of carbonyl (C=O) groups excluding carboxylic acids is 1. The van der Waals surface area contributed by atoms with E-state index in [0.717, 1.165) is 16.6 Å². The number of rotatable bonds is 2. The number of aromatic nitrogens is 3. The van der Waals surface area contributed by atoms with Crippen molar-refractivity contribution in [3.63, 3.8) is 0 Å². The van der Waals surface area contributed by atoms with E-state index in [0.29, 0.717) is 26.5 Å². The maximum atomic E-state index is 13.1. The van der Waals surface area contributed by atoms with Crippen molar-refractivity contribution in [1.29, 1.82) is 0 Å². The van der Waals surface area contributed by atoms with E-state index in [1.807, 2.05) is 60.8 Å². The van der Waals surface area contributed by atoms with Crippen molar-refractivity contribution in [1.82, 2.24) is 14.1 Å². The Morgan fingerprint density at radius 3 is 2.68 bits per heavy atom. The van der Waals surface area contributed by atoms with Crippen LogP contribution in [0.4, 0.5) is 0 Å². The highest BCUT2D eigenvalue weighted by Gasteiger charge is 2.35. The predicted molar refractivity (Wildman–Crippen MR) is 121 cm³/mol. The van der Waals surface area contributed by atoms with Crippen LogP contribution in [0.3, 0.4) is 0 Å². The van der Waals surface area contributed by atoms with Gasteiger partial charge in [-0.05, 0) is 37.3 Å². The summed E-state index contributed by atoms with van der Waals surface area (Å²) in [7, 11) is 0. The molecule has 1 atom stereocenters. The zero-order valence-corrected chi connectivity index (χ0v) is 17.8. The topological polar surface area (TPSA) is 66.1 Å². The Balaban J connectivity index is 1.68. The van der Waals surface area contributed by atoms with Gasteiger partial charge in [-0.2, -0.15) is 0 Å². The second-order valence-electron chi connectivity index (χ2n) is 7.35. The normalized spacial score (nSPS) is 15.5. The Morgan fingerprint density at radius 1 is 1.06 bits per heavy atom. The van der Waals surface area contributed by atoms with Crippen molar-refractivity contribution in [2.75, 3.05) is 0 Å². The minimum Gasteiger partial charge on any atom is -0.453 e. The van der Waals surface area contributed by atoms with E-state index >= 15 is 0 Å². The third kappa shape index (κ3) is 2.60. The molecule has 0 spiro atoms. The van der Waals surface area contributed by atoms with Gasteiger partial charge in [0.25, 0.3) is 5.56 Å². The number of hydrogen-bond donors (Lipinski definition) is 0. The molecule has 3 aromatic heterocycles. The van der Waals surface area contributed by atoms with Crippen LogP contribution in [0.2, 0.25) is 5.15 Å². The highest BCUT2D eigenvalue weighted by atomic mass is 35.5. The third-order valence-electron chi connectivity index (χ3n) is 5.55. The van der Waals surface area contributed by atoms with Crippen LogP contribution >= 0.6 is 22.9 Å². The lowest BCUT2D eigenvalue weighted by Crippen LogP contribution is -2.21. The molecule has 31 heavy (non-hydrogen) atoms. The summed E-state index contributed by atoms with van der Waals surface area (Å²) in [4.78, 5) is 30.6. The van der Waals surface area contributed by atoms with Crippen molar-refractivity contribution >= 4 is 50.2 Å². The Kier molecular flexibility index (Phi) is 3.87. The summed E-state index contributed by atoms with van der Waals surface area (Å²) < 4.78 is 8.98. The summed E-state index contributed by atoms with van der Waals surface area (Å²) in [6, 6.07) is 17.8. The first-order valence-electron chi connectivity index (χ1n) is 9.66. The predicted octanol–water partition coefficient (Wildman–Crippen LogP) is 5.28. The molecule has 4 heterocycles. The molecule has 5 aromatic rings. The van der Waals surface area contributed by atoms with Gasteiger partial charge >= 0.3 is 5.97 Å². The number of cyclic esters (lactones) is 1. The van der Waals surface area contributed by atoms with Crippen molar-refractivity contribution in [2.45, 2.75) is 13.0 Å². The fourth-order valence-electron chi connectivity index (χ4n) is 4.16. The highest BCUT2D eigenvalue weighted by molar-refractivity contribution is 7.20. The lowest BCUT2D eigenvalue weighted by atomic mass is 10.1. The van der Waals surface area contributed by atoms with E-state index in [9.17, 15) is 9.59 Å². The Morgan fingerprint density at radius 2 is 1.87 bits per heavy atom.